The van der Waals surface area contributed by atoms with Crippen molar-refractivity contribution in [3.63, 3.8) is 0 Å². The minimum Gasteiger partial charge on any atom is -0.480 e. The van der Waals surface area contributed by atoms with Crippen molar-refractivity contribution in [2.75, 3.05) is 0 Å². The monoisotopic (exact) mass is 229 g/mol. The van der Waals surface area contributed by atoms with Crippen molar-refractivity contribution < 1.29 is 9.90 Å². The molecule has 0 spiro atoms. The molecule has 2 atom stereocenters. The molecule has 0 aliphatic heterocycles. The summed E-state index contributed by atoms with van der Waals surface area (Å²) in [7, 11) is 0. The van der Waals surface area contributed by atoms with Crippen LogP contribution in [-0.4, -0.2) is 23.2 Å². The van der Waals surface area contributed by atoms with Gasteiger partial charge < -0.3 is 10.4 Å². The fraction of sp³-hybridized carbons (Fsp3) is 0.923. The number of aliphatic carboxylic acids is 1. The molecule has 0 heterocycles. The van der Waals surface area contributed by atoms with Gasteiger partial charge in [-0.3, -0.25) is 4.79 Å². The van der Waals surface area contributed by atoms with E-state index in [4.69, 9.17) is 5.11 Å². The minimum atomic E-state index is -0.712. The molecular formula is C13H27NO2. The van der Waals surface area contributed by atoms with Crippen LogP contribution in [0.15, 0.2) is 0 Å². The number of carbonyl (C=O) groups is 1. The number of unbranched alkanes of at least 4 members (excludes halogenated alkanes) is 4. The van der Waals surface area contributed by atoms with E-state index in [1.165, 1.54) is 19.3 Å². The maximum atomic E-state index is 11.0. The fourth-order valence-corrected chi connectivity index (χ4v) is 1.69. The molecule has 0 amide bonds. The highest BCUT2D eigenvalue weighted by molar-refractivity contribution is 5.73. The van der Waals surface area contributed by atoms with Gasteiger partial charge in [-0.2, -0.15) is 0 Å². The molecule has 0 aromatic heterocycles. The van der Waals surface area contributed by atoms with Crippen LogP contribution in [0.3, 0.4) is 0 Å². The van der Waals surface area contributed by atoms with Gasteiger partial charge in [-0.25, -0.2) is 0 Å². The third-order valence-electron chi connectivity index (χ3n) is 2.99. The summed E-state index contributed by atoms with van der Waals surface area (Å²) in [5.41, 5.74) is 0. The first-order valence-electron chi connectivity index (χ1n) is 6.60. The second kappa shape index (κ2) is 9.64. The Bertz CT molecular complexity index is 183. The number of nitrogens with one attached hydrogen (secondary N) is 1. The van der Waals surface area contributed by atoms with E-state index in [2.05, 4.69) is 19.2 Å². The van der Waals surface area contributed by atoms with E-state index in [1.54, 1.807) is 0 Å². The van der Waals surface area contributed by atoms with Gasteiger partial charge in [0, 0.05) is 6.04 Å². The van der Waals surface area contributed by atoms with Crippen molar-refractivity contribution in [1.29, 1.82) is 0 Å². The van der Waals surface area contributed by atoms with Crippen LogP contribution in [-0.2, 0) is 4.79 Å². The molecule has 0 bridgehead atoms. The Morgan fingerprint density at radius 1 is 1.19 bits per heavy atom. The van der Waals surface area contributed by atoms with Crippen LogP contribution in [0.5, 0.6) is 0 Å². The average Bonchev–Trinajstić information content (AvgIpc) is 2.26. The van der Waals surface area contributed by atoms with Crippen LogP contribution in [0.1, 0.15) is 65.7 Å². The summed E-state index contributed by atoms with van der Waals surface area (Å²) in [4.78, 5) is 11.0. The molecule has 3 nitrogen and oxygen atoms in total. The highest BCUT2D eigenvalue weighted by Crippen LogP contribution is 2.08. The lowest BCUT2D eigenvalue weighted by molar-refractivity contribution is -0.139. The van der Waals surface area contributed by atoms with E-state index < -0.39 is 5.97 Å². The number of rotatable bonds is 10. The van der Waals surface area contributed by atoms with Crippen molar-refractivity contribution in [3.05, 3.63) is 0 Å². The molecule has 0 saturated heterocycles. The first kappa shape index (κ1) is 15.4. The Hall–Kier alpha value is -0.570. The SMILES string of the molecule is CCCCCCCC(NC(C)CC)C(=O)O. The molecule has 3 heteroatoms. The second-order valence-electron chi connectivity index (χ2n) is 4.57. The van der Waals surface area contributed by atoms with E-state index in [1.807, 2.05) is 6.92 Å². The fourth-order valence-electron chi connectivity index (χ4n) is 1.69. The predicted octanol–water partition coefficient (Wildman–Crippen LogP) is 3.19. The summed E-state index contributed by atoms with van der Waals surface area (Å²) in [6, 6.07) is -0.0756. The summed E-state index contributed by atoms with van der Waals surface area (Å²) < 4.78 is 0. The standard InChI is InChI=1S/C13H27NO2/c1-4-6-7-8-9-10-12(13(15)16)14-11(3)5-2/h11-12,14H,4-10H2,1-3H3,(H,15,16). The molecule has 0 aromatic rings. The van der Waals surface area contributed by atoms with Gasteiger partial charge in [0.25, 0.3) is 0 Å². The average molecular weight is 229 g/mol. The Morgan fingerprint density at radius 2 is 1.81 bits per heavy atom. The van der Waals surface area contributed by atoms with Gasteiger partial charge in [0.15, 0.2) is 0 Å². The maximum absolute atomic E-state index is 11.0. The Labute approximate surface area is 99.6 Å². The summed E-state index contributed by atoms with van der Waals surface area (Å²) in [5.74, 6) is -0.712. The van der Waals surface area contributed by atoms with Crippen molar-refractivity contribution in [2.24, 2.45) is 0 Å². The lowest BCUT2D eigenvalue weighted by Gasteiger charge is -2.18. The number of carboxylic acid groups (broad SMARTS) is 1. The van der Waals surface area contributed by atoms with Crippen LogP contribution in [0.25, 0.3) is 0 Å². The van der Waals surface area contributed by atoms with Crippen molar-refractivity contribution >= 4 is 5.97 Å². The molecule has 16 heavy (non-hydrogen) atoms. The molecule has 0 saturated carbocycles. The first-order valence-corrected chi connectivity index (χ1v) is 6.60. The van der Waals surface area contributed by atoms with E-state index in [0.717, 1.165) is 25.7 Å². The molecule has 2 N–H and O–H groups in total. The third-order valence-corrected chi connectivity index (χ3v) is 2.99. The highest BCUT2D eigenvalue weighted by Gasteiger charge is 2.17. The predicted molar refractivity (Wildman–Crippen MR) is 67.7 cm³/mol. The van der Waals surface area contributed by atoms with E-state index >= 15 is 0 Å². The Kier molecular flexibility index (Phi) is 9.30. The smallest absolute Gasteiger partial charge is 0.320 e. The van der Waals surface area contributed by atoms with Gasteiger partial charge in [0.05, 0.1) is 0 Å². The summed E-state index contributed by atoms with van der Waals surface area (Å²) in [5, 5.41) is 12.2. The number of carboxylic acids is 1. The lowest BCUT2D eigenvalue weighted by Crippen LogP contribution is -2.41. The molecule has 0 aromatic carbocycles. The van der Waals surface area contributed by atoms with Gasteiger partial charge in [-0.1, -0.05) is 46.0 Å². The van der Waals surface area contributed by atoms with Crippen LogP contribution >= 0.6 is 0 Å². The molecule has 0 aliphatic carbocycles. The normalized spacial score (nSPS) is 14.7. The van der Waals surface area contributed by atoms with Crippen molar-refractivity contribution in [3.8, 4) is 0 Å². The topological polar surface area (TPSA) is 49.3 Å². The van der Waals surface area contributed by atoms with Gasteiger partial charge in [0.1, 0.15) is 6.04 Å². The maximum Gasteiger partial charge on any atom is 0.320 e. The van der Waals surface area contributed by atoms with E-state index in [-0.39, 0.29) is 12.1 Å². The molecule has 0 fully saturated rings. The highest BCUT2D eigenvalue weighted by atomic mass is 16.4. The van der Waals surface area contributed by atoms with Crippen LogP contribution < -0.4 is 5.32 Å². The van der Waals surface area contributed by atoms with Crippen LogP contribution in [0, 0.1) is 0 Å². The Morgan fingerprint density at radius 3 is 2.31 bits per heavy atom. The molecule has 0 aliphatic rings. The Balaban J connectivity index is 3.73. The van der Waals surface area contributed by atoms with Crippen LogP contribution in [0.2, 0.25) is 0 Å². The zero-order chi connectivity index (χ0) is 12.4. The van der Waals surface area contributed by atoms with Gasteiger partial charge >= 0.3 is 5.97 Å². The molecule has 96 valence electrons. The molecule has 0 rings (SSSR count). The van der Waals surface area contributed by atoms with E-state index in [0.29, 0.717) is 0 Å². The zero-order valence-corrected chi connectivity index (χ0v) is 11.0. The third kappa shape index (κ3) is 7.69. The number of hydrogen-bond acceptors (Lipinski definition) is 2. The largest absolute Gasteiger partial charge is 0.480 e. The molecule has 2 unspecified atom stereocenters. The lowest BCUT2D eigenvalue weighted by atomic mass is 10.1. The summed E-state index contributed by atoms with van der Waals surface area (Å²) >= 11 is 0. The van der Waals surface area contributed by atoms with Gasteiger partial charge in [-0.15, -0.1) is 0 Å². The molecular weight excluding hydrogens is 202 g/mol. The van der Waals surface area contributed by atoms with Crippen LogP contribution in [0.4, 0.5) is 0 Å². The first-order chi connectivity index (χ1) is 7.61. The van der Waals surface area contributed by atoms with E-state index in [9.17, 15) is 4.79 Å². The summed E-state index contributed by atoms with van der Waals surface area (Å²) in [6.45, 7) is 6.29. The van der Waals surface area contributed by atoms with Gasteiger partial charge in [0.2, 0.25) is 0 Å². The quantitative estimate of drug-likeness (QED) is 0.566. The van der Waals surface area contributed by atoms with Gasteiger partial charge in [-0.05, 0) is 19.8 Å². The second-order valence-corrected chi connectivity index (χ2v) is 4.57. The van der Waals surface area contributed by atoms with Crippen molar-refractivity contribution in [1.82, 2.24) is 5.32 Å². The zero-order valence-electron chi connectivity index (χ0n) is 11.0. The number of hydrogen-bond donors (Lipinski definition) is 2. The minimum absolute atomic E-state index is 0.289. The summed E-state index contributed by atoms with van der Waals surface area (Å²) in [6.07, 6.45) is 7.61. The van der Waals surface area contributed by atoms with Crippen molar-refractivity contribution in [2.45, 2.75) is 77.8 Å². The molecule has 0 radical (unpaired) electrons.